The van der Waals surface area contributed by atoms with Gasteiger partial charge in [0.1, 0.15) is 11.8 Å². The fourth-order valence-corrected chi connectivity index (χ4v) is 4.35. The molecule has 7 heteroatoms. The Morgan fingerprint density at radius 3 is 2.69 bits per heavy atom. The van der Waals surface area contributed by atoms with Crippen LogP contribution in [-0.4, -0.2) is 42.3 Å². The van der Waals surface area contributed by atoms with E-state index in [2.05, 4.69) is 5.32 Å². The van der Waals surface area contributed by atoms with Crippen LogP contribution in [0.5, 0.6) is 5.75 Å². The van der Waals surface area contributed by atoms with Gasteiger partial charge in [0.25, 0.3) is 0 Å². The fourth-order valence-electron chi connectivity index (χ4n) is 4.35. The van der Waals surface area contributed by atoms with Crippen LogP contribution in [0.15, 0.2) is 18.2 Å². The maximum atomic E-state index is 13.3. The molecule has 4 rings (SSSR count). The zero-order valence-corrected chi connectivity index (χ0v) is 16.5. The number of ether oxygens (including phenoxy) is 1. The molecule has 1 saturated carbocycles. The maximum absolute atomic E-state index is 13.3. The summed E-state index contributed by atoms with van der Waals surface area (Å²) in [5.41, 5.74) is 2.54. The second-order valence-electron chi connectivity index (χ2n) is 8.26. The highest BCUT2D eigenvalue weighted by Gasteiger charge is 2.35. The first-order chi connectivity index (χ1) is 13.8. The molecule has 1 N–H and O–H groups in total. The monoisotopic (exact) mass is 404 g/mol. The van der Waals surface area contributed by atoms with Crippen molar-refractivity contribution in [2.24, 2.45) is 5.92 Å². The van der Waals surface area contributed by atoms with Crippen LogP contribution in [0.3, 0.4) is 0 Å². The van der Waals surface area contributed by atoms with E-state index in [1.54, 1.807) is 7.05 Å². The van der Waals surface area contributed by atoms with Gasteiger partial charge in [0.2, 0.25) is 17.7 Å². The number of anilines is 1. The van der Waals surface area contributed by atoms with E-state index in [1.807, 2.05) is 24.3 Å². The molecule has 1 aliphatic carbocycles. The quantitative estimate of drug-likeness (QED) is 0.825. The predicted molar refractivity (Wildman–Crippen MR) is 106 cm³/mol. The van der Waals surface area contributed by atoms with Crippen LogP contribution in [0.25, 0.3) is 6.08 Å². The summed E-state index contributed by atoms with van der Waals surface area (Å²) in [4.78, 5) is 25.9. The summed E-state index contributed by atoms with van der Waals surface area (Å²) in [5.74, 6) is -1.94. The molecular formula is C22H26F2N2O3. The smallest absolute Gasteiger partial charge is 0.248 e. The van der Waals surface area contributed by atoms with Crippen molar-refractivity contribution in [3.05, 3.63) is 29.3 Å². The molecule has 3 aliphatic rings. The molecule has 0 aromatic heterocycles. The van der Waals surface area contributed by atoms with Gasteiger partial charge in [-0.05, 0) is 42.9 Å². The molecule has 2 heterocycles. The Kier molecular flexibility index (Phi) is 5.32. The third-order valence-electron chi connectivity index (χ3n) is 6.18. The normalized spacial score (nSPS) is 24.0. The number of fused-ring (bicyclic) bond motifs is 1. The largest absolute Gasteiger partial charge is 0.491 e. The summed E-state index contributed by atoms with van der Waals surface area (Å²) in [6.45, 7) is 0.560. The van der Waals surface area contributed by atoms with Crippen molar-refractivity contribution in [1.29, 1.82) is 0 Å². The summed E-state index contributed by atoms with van der Waals surface area (Å²) >= 11 is 0. The predicted octanol–water partition coefficient (Wildman–Crippen LogP) is 4.02. The number of rotatable bonds is 4. The lowest BCUT2D eigenvalue weighted by molar-refractivity contribution is -0.131. The zero-order valence-electron chi connectivity index (χ0n) is 16.5. The molecule has 29 heavy (non-hydrogen) atoms. The maximum Gasteiger partial charge on any atom is 0.248 e. The van der Waals surface area contributed by atoms with Crippen molar-refractivity contribution in [1.82, 2.24) is 4.90 Å². The molecule has 156 valence electrons. The van der Waals surface area contributed by atoms with Gasteiger partial charge in [0.05, 0.1) is 12.3 Å². The number of allylic oxidation sites excluding steroid dienone is 1. The number of amides is 2. The van der Waals surface area contributed by atoms with Crippen LogP contribution >= 0.6 is 0 Å². The standard InChI is InChI=1S/C22H26F2N2O3/c1-26-18(4-5-19(26)27)21(28)25-17-13-15(12-16-8-11-29-20(16)17)3-2-14-6-9-22(23,24)10-7-14/h2-3,12-14,18H,4-11H2,1H3,(H,25,28)/b3-2+/t18-/m0/s1. The number of halogens is 2. The Labute approximate surface area is 169 Å². The lowest BCUT2D eigenvalue weighted by Gasteiger charge is -2.26. The highest BCUT2D eigenvalue weighted by atomic mass is 19.3. The third-order valence-corrected chi connectivity index (χ3v) is 6.18. The molecule has 1 saturated heterocycles. The third kappa shape index (κ3) is 4.28. The van der Waals surface area contributed by atoms with Gasteiger partial charge in [-0.1, -0.05) is 12.2 Å². The number of nitrogens with one attached hydrogen (secondary N) is 1. The van der Waals surface area contributed by atoms with Crippen molar-refractivity contribution in [2.45, 2.75) is 56.9 Å². The number of carbonyl (C=O) groups is 2. The van der Waals surface area contributed by atoms with Crippen LogP contribution in [0.4, 0.5) is 14.5 Å². The van der Waals surface area contributed by atoms with Crippen molar-refractivity contribution in [3.63, 3.8) is 0 Å². The van der Waals surface area contributed by atoms with E-state index in [1.165, 1.54) is 4.90 Å². The van der Waals surface area contributed by atoms with Crippen molar-refractivity contribution in [2.75, 3.05) is 19.0 Å². The second kappa shape index (κ2) is 7.76. The highest BCUT2D eigenvalue weighted by molar-refractivity contribution is 6.00. The van der Waals surface area contributed by atoms with Gasteiger partial charge in [0, 0.05) is 38.3 Å². The van der Waals surface area contributed by atoms with E-state index in [9.17, 15) is 18.4 Å². The molecule has 0 radical (unpaired) electrons. The first-order valence-corrected chi connectivity index (χ1v) is 10.2. The fraction of sp³-hybridized carbons (Fsp3) is 0.545. The topological polar surface area (TPSA) is 58.6 Å². The second-order valence-corrected chi connectivity index (χ2v) is 8.26. The van der Waals surface area contributed by atoms with E-state index in [4.69, 9.17) is 4.74 Å². The summed E-state index contributed by atoms with van der Waals surface area (Å²) in [6, 6.07) is 3.41. The number of hydrogen-bond donors (Lipinski definition) is 1. The molecule has 1 aromatic carbocycles. The average Bonchev–Trinajstić information content (AvgIpc) is 3.28. The van der Waals surface area contributed by atoms with Gasteiger partial charge in [-0.2, -0.15) is 0 Å². The first-order valence-electron chi connectivity index (χ1n) is 10.2. The average molecular weight is 404 g/mol. The summed E-state index contributed by atoms with van der Waals surface area (Å²) in [7, 11) is 1.65. The molecular weight excluding hydrogens is 378 g/mol. The number of likely N-dealkylation sites (tertiary alicyclic amines) is 1. The molecule has 0 unspecified atom stereocenters. The Balaban J connectivity index is 1.50. The van der Waals surface area contributed by atoms with Gasteiger partial charge >= 0.3 is 0 Å². The lowest BCUT2D eigenvalue weighted by atomic mass is 9.86. The van der Waals surface area contributed by atoms with E-state index >= 15 is 0 Å². The number of alkyl halides is 2. The number of carbonyl (C=O) groups excluding carboxylic acids is 2. The minimum Gasteiger partial charge on any atom is -0.491 e. The van der Waals surface area contributed by atoms with Crippen molar-refractivity contribution >= 4 is 23.6 Å². The minimum atomic E-state index is -2.53. The number of likely N-dealkylation sites (N-methyl/N-ethyl adjacent to an activating group) is 1. The van der Waals surface area contributed by atoms with Crippen molar-refractivity contribution < 1.29 is 23.1 Å². The van der Waals surface area contributed by atoms with E-state index < -0.39 is 12.0 Å². The minimum absolute atomic E-state index is 0.0265. The van der Waals surface area contributed by atoms with Gasteiger partial charge in [-0.3, -0.25) is 9.59 Å². The van der Waals surface area contributed by atoms with E-state index in [0.29, 0.717) is 43.7 Å². The van der Waals surface area contributed by atoms with Gasteiger partial charge in [-0.25, -0.2) is 8.78 Å². The zero-order chi connectivity index (χ0) is 20.6. The number of hydrogen-bond acceptors (Lipinski definition) is 3. The van der Waals surface area contributed by atoms with Crippen LogP contribution in [0, 0.1) is 5.92 Å². The molecule has 2 aliphatic heterocycles. The van der Waals surface area contributed by atoms with Crippen LogP contribution in [0.1, 0.15) is 49.7 Å². The van der Waals surface area contributed by atoms with Crippen LogP contribution in [0.2, 0.25) is 0 Å². The lowest BCUT2D eigenvalue weighted by Crippen LogP contribution is -2.38. The molecule has 2 fully saturated rings. The van der Waals surface area contributed by atoms with Gasteiger partial charge in [-0.15, -0.1) is 0 Å². The van der Waals surface area contributed by atoms with Crippen LogP contribution in [-0.2, 0) is 16.0 Å². The van der Waals surface area contributed by atoms with Crippen LogP contribution < -0.4 is 10.1 Å². The highest BCUT2D eigenvalue weighted by Crippen LogP contribution is 2.38. The number of benzene rings is 1. The number of nitrogens with zero attached hydrogens (tertiary/aromatic N) is 1. The van der Waals surface area contributed by atoms with Gasteiger partial charge < -0.3 is 15.0 Å². The molecule has 2 amide bonds. The molecule has 0 spiro atoms. The summed E-state index contributed by atoms with van der Waals surface area (Å²) < 4.78 is 32.4. The van der Waals surface area contributed by atoms with E-state index in [0.717, 1.165) is 17.5 Å². The summed E-state index contributed by atoms with van der Waals surface area (Å²) in [6.07, 6.45) is 6.46. The van der Waals surface area contributed by atoms with E-state index in [-0.39, 0.29) is 30.6 Å². The summed E-state index contributed by atoms with van der Waals surface area (Å²) in [5, 5.41) is 2.93. The first kappa shape index (κ1) is 19.9. The van der Waals surface area contributed by atoms with Crippen molar-refractivity contribution in [3.8, 4) is 5.75 Å². The molecule has 0 bridgehead atoms. The van der Waals surface area contributed by atoms with Gasteiger partial charge in [0.15, 0.2) is 0 Å². The molecule has 1 atom stereocenters. The SMILES string of the molecule is CN1C(=O)CC[C@H]1C(=O)Nc1cc(/C=C/C2CCC(F)(F)CC2)cc2c1OCC2. The molecule has 1 aromatic rings. The molecule has 5 nitrogen and oxygen atoms in total. The Morgan fingerprint density at radius 2 is 2.00 bits per heavy atom. The Bertz CT molecular complexity index is 843. The Morgan fingerprint density at radius 1 is 1.24 bits per heavy atom. The Hall–Kier alpha value is -2.44.